The zero-order chi connectivity index (χ0) is 17.0. The van der Waals surface area contributed by atoms with Crippen LogP contribution in [0.3, 0.4) is 0 Å². The van der Waals surface area contributed by atoms with Crippen molar-refractivity contribution in [1.29, 1.82) is 0 Å². The summed E-state index contributed by atoms with van der Waals surface area (Å²) in [5.74, 6) is 0.397. The molecule has 2 N–H and O–H groups in total. The predicted octanol–water partition coefficient (Wildman–Crippen LogP) is 1.44. The summed E-state index contributed by atoms with van der Waals surface area (Å²) in [5.41, 5.74) is 1.41. The average Bonchev–Trinajstić information content (AvgIpc) is 3.17. The summed E-state index contributed by atoms with van der Waals surface area (Å²) in [6, 6.07) is 0. The molecule has 2 aliphatic rings. The number of hydrogen-bond donors (Lipinski definition) is 2. The Balaban J connectivity index is 1.54. The minimum absolute atomic E-state index is 0.00165. The Morgan fingerprint density at radius 3 is 2.96 bits per heavy atom. The van der Waals surface area contributed by atoms with Gasteiger partial charge in [0, 0.05) is 52.0 Å². The van der Waals surface area contributed by atoms with Gasteiger partial charge in [-0.1, -0.05) is 6.42 Å². The fraction of sp³-hybridized carbons (Fsp3) is 0.778. The number of aromatic nitrogens is 2. The second-order valence-electron chi connectivity index (χ2n) is 7.34. The Hall–Kier alpha value is -1.40. The van der Waals surface area contributed by atoms with Crippen molar-refractivity contribution in [3.63, 3.8) is 0 Å². The van der Waals surface area contributed by atoms with Crippen LogP contribution in [0, 0.1) is 11.3 Å². The number of ether oxygens (including phenoxy) is 1. The van der Waals surface area contributed by atoms with E-state index in [1.165, 1.54) is 19.3 Å². The van der Waals surface area contributed by atoms with Gasteiger partial charge in [-0.25, -0.2) is 0 Å². The quantitative estimate of drug-likeness (QED) is 0.706. The van der Waals surface area contributed by atoms with Crippen LogP contribution in [0.15, 0.2) is 12.4 Å². The van der Waals surface area contributed by atoms with E-state index >= 15 is 0 Å². The van der Waals surface area contributed by atoms with Crippen LogP contribution in [-0.4, -0.2) is 48.5 Å². The van der Waals surface area contributed by atoms with Crippen LogP contribution in [0.1, 0.15) is 44.1 Å². The highest BCUT2D eigenvalue weighted by Gasteiger charge is 2.39. The molecule has 24 heavy (non-hydrogen) atoms. The largest absolute Gasteiger partial charge is 0.382 e. The number of aryl methyl sites for hydroxylation is 1. The third kappa shape index (κ3) is 3.81. The Morgan fingerprint density at radius 1 is 1.50 bits per heavy atom. The van der Waals surface area contributed by atoms with Crippen LogP contribution in [0.25, 0.3) is 0 Å². The predicted molar refractivity (Wildman–Crippen MR) is 92.7 cm³/mol. The maximum Gasteiger partial charge on any atom is 0.225 e. The van der Waals surface area contributed by atoms with E-state index in [0.29, 0.717) is 0 Å². The lowest BCUT2D eigenvalue weighted by atomic mass is 9.66. The van der Waals surface area contributed by atoms with E-state index in [2.05, 4.69) is 15.7 Å². The molecule has 0 spiro atoms. The summed E-state index contributed by atoms with van der Waals surface area (Å²) in [5, 5.41) is 10.8. The van der Waals surface area contributed by atoms with Crippen molar-refractivity contribution in [2.75, 3.05) is 32.8 Å². The Morgan fingerprint density at radius 2 is 2.33 bits per heavy atom. The highest BCUT2D eigenvalue weighted by molar-refractivity contribution is 5.80. The topological polar surface area (TPSA) is 68.2 Å². The van der Waals surface area contributed by atoms with E-state index in [0.717, 1.165) is 44.8 Å². The van der Waals surface area contributed by atoms with Crippen molar-refractivity contribution in [1.82, 2.24) is 20.4 Å². The molecule has 3 rings (SSSR count). The van der Waals surface area contributed by atoms with Gasteiger partial charge >= 0.3 is 0 Å². The van der Waals surface area contributed by atoms with Crippen molar-refractivity contribution < 1.29 is 9.53 Å². The Kier molecular flexibility index (Phi) is 5.56. The molecule has 0 aromatic carbocycles. The van der Waals surface area contributed by atoms with Gasteiger partial charge in [-0.2, -0.15) is 5.10 Å². The van der Waals surface area contributed by atoms with Crippen molar-refractivity contribution in [2.24, 2.45) is 18.4 Å². The van der Waals surface area contributed by atoms with Gasteiger partial charge < -0.3 is 15.4 Å². The second kappa shape index (κ2) is 7.66. The van der Waals surface area contributed by atoms with Crippen molar-refractivity contribution in [3.05, 3.63) is 18.0 Å². The molecule has 1 amide bonds. The van der Waals surface area contributed by atoms with Crippen LogP contribution >= 0.6 is 0 Å². The molecule has 6 nitrogen and oxygen atoms in total. The first kappa shape index (κ1) is 17.4. The minimum Gasteiger partial charge on any atom is -0.382 e. The Labute approximate surface area is 144 Å². The first-order valence-corrected chi connectivity index (χ1v) is 9.18. The molecule has 0 unspecified atom stereocenters. The van der Waals surface area contributed by atoms with Gasteiger partial charge in [0.2, 0.25) is 5.91 Å². The van der Waals surface area contributed by atoms with E-state index in [4.69, 9.17) is 4.74 Å². The van der Waals surface area contributed by atoms with Gasteiger partial charge in [0.25, 0.3) is 0 Å². The molecule has 2 heterocycles. The lowest BCUT2D eigenvalue weighted by molar-refractivity contribution is -0.125. The number of nitrogens with zero attached hydrogens (tertiary/aromatic N) is 2. The zero-order valence-electron chi connectivity index (χ0n) is 14.9. The van der Waals surface area contributed by atoms with Gasteiger partial charge in [-0.15, -0.1) is 0 Å². The summed E-state index contributed by atoms with van der Waals surface area (Å²) >= 11 is 0. The molecule has 1 aromatic rings. The number of nitrogens with one attached hydrogen (secondary N) is 2. The summed E-state index contributed by atoms with van der Waals surface area (Å²) in [6.07, 6.45) is 8.63. The summed E-state index contributed by atoms with van der Waals surface area (Å²) in [7, 11) is 1.92. The van der Waals surface area contributed by atoms with Crippen LogP contribution in [0.5, 0.6) is 0 Å². The molecule has 1 aromatic heterocycles. The van der Waals surface area contributed by atoms with E-state index < -0.39 is 0 Å². The molecular formula is C18H30N4O2. The maximum atomic E-state index is 12.7. The van der Waals surface area contributed by atoms with Gasteiger partial charge in [-0.05, 0) is 37.2 Å². The molecule has 2 fully saturated rings. The molecule has 0 radical (unpaired) electrons. The molecule has 0 bridgehead atoms. The molecule has 1 aliphatic carbocycles. The van der Waals surface area contributed by atoms with Crippen LogP contribution in [-0.2, 0) is 16.6 Å². The highest BCUT2D eigenvalue weighted by Crippen LogP contribution is 2.43. The Bertz CT molecular complexity index is 553. The van der Waals surface area contributed by atoms with Crippen molar-refractivity contribution >= 4 is 5.91 Å². The molecule has 6 heteroatoms. The number of carbonyl (C=O) groups excluding carboxylic acids is 1. The summed E-state index contributed by atoms with van der Waals surface area (Å²) in [6.45, 7) is 5.98. The van der Waals surface area contributed by atoms with E-state index in [1.54, 1.807) is 4.68 Å². The standard InChI is InChI=1S/C18H30N4O2/c1-3-24-8-7-18(5-4-6-18)13-20-17(23)16-11-19-10-15(16)14-9-21-22(2)12-14/h9,12,15-16,19H,3-8,10-11,13H2,1-2H3,(H,20,23)/t15-,16+/m1/s1. The van der Waals surface area contributed by atoms with Crippen molar-refractivity contribution in [2.45, 2.75) is 38.5 Å². The van der Waals surface area contributed by atoms with Gasteiger partial charge in [0.15, 0.2) is 0 Å². The number of rotatable bonds is 8. The highest BCUT2D eigenvalue weighted by atomic mass is 16.5. The van der Waals surface area contributed by atoms with E-state index in [9.17, 15) is 4.79 Å². The third-order valence-corrected chi connectivity index (χ3v) is 5.74. The maximum absolute atomic E-state index is 12.7. The number of amides is 1. The lowest BCUT2D eigenvalue weighted by Crippen LogP contribution is -2.45. The molecule has 1 aliphatic heterocycles. The van der Waals surface area contributed by atoms with E-state index in [-0.39, 0.29) is 23.2 Å². The van der Waals surface area contributed by atoms with Crippen LogP contribution in [0.4, 0.5) is 0 Å². The van der Waals surface area contributed by atoms with E-state index in [1.807, 2.05) is 26.4 Å². The average molecular weight is 334 g/mol. The SMILES string of the molecule is CCOCCC1(CNC(=O)[C@H]2CNC[C@@H]2c2cnn(C)c2)CCC1. The lowest BCUT2D eigenvalue weighted by Gasteiger charge is -2.42. The molecule has 1 saturated carbocycles. The smallest absolute Gasteiger partial charge is 0.225 e. The molecular weight excluding hydrogens is 304 g/mol. The number of carbonyl (C=O) groups is 1. The van der Waals surface area contributed by atoms with Crippen LogP contribution in [0.2, 0.25) is 0 Å². The monoisotopic (exact) mass is 334 g/mol. The third-order valence-electron chi connectivity index (χ3n) is 5.74. The normalized spacial score (nSPS) is 25.4. The molecule has 2 atom stereocenters. The first-order valence-electron chi connectivity index (χ1n) is 9.18. The number of hydrogen-bond acceptors (Lipinski definition) is 4. The fourth-order valence-corrected chi connectivity index (χ4v) is 3.97. The van der Waals surface area contributed by atoms with Gasteiger partial charge in [0.1, 0.15) is 0 Å². The minimum atomic E-state index is -0.00165. The van der Waals surface area contributed by atoms with Crippen LogP contribution < -0.4 is 10.6 Å². The zero-order valence-corrected chi connectivity index (χ0v) is 14.9. The summed E-state index contributed by atoms with van der Waals surface area (Å²) < 4.78 is 7.32. The molecule has 134 valence electrons. The molecule has 1 saturated heterocycles. The fourth-order valence-electron chi connectivity index (χ4n) is 3.97. The van der Waals surface area contributed by atoms with Crippen molar-refractivity contribution in [3.8, 4) is 0 Å². The first-order chi connectivity index (χ1) is 11.6. The van der Waals surface area contributed by atoms with Gasteiger partial charge in [0.05, 0.1) is 12.1 Å². The summed E-state index contributed by atoms with van der Waals surface area (Å²) in [4.78, 5) is 12.7. The van der Waals surface area contributed by atoms with Gasteiger partial charge in [-0.3, -0.25) is 9.48 Å². The second-order valence-corrected chi connectivity index (χ2v) is 7.34.